The zero-order chi connectivity index (χ0) is 34.2. The topological polar surface area (TPSA) is 163 Å². The number of nitrogens with zero attached hydrogens (tertiary/aromatic N) is 10. The molecular formula is C34H45N11O4. The first-order valence-electron chi connectivity index (χ1n) is 17.0. The predicted octanol–water partition coefficient (Wildman–Crippen LogP) is 4.42. The molecule has 49 heavy (non-hydrogen) atoms. The van der Waals surface area contributed by atoms with E-state index in [4.69, 9.17) is 24.0 Å². The average molecular weight is 672 g/mol. The summed E-state index contributed by atoms with van der Waals surface area (Å²) in [5.41, 5.74) is 2.75. The van der Waals surface area contributed by atoms with E-state index < -0.39 is 0 Å². The van der Waals surface area contributed by atoms with Crippen LogP contribution in [-0.2, 0) is 16.0 Å². The predicted molar refractivity (Wildman–Crippen MR) is 180 cm³/mol. The lowest BCUT2D eigenvalue weighted by atomic mass is 9.89. The number of anilines is 2. The molecule has 1 saturated carbocycles. The second-order valence-corrected chi connectivity index (χ2v) is 12.9. The third-order valence-electron chi connectivity index (χ3n) is 8.93. The van der Waals surface area contributed by atoms with E-state index in [1.807, 2.05) is 29.9 Å². The summed E-state index contributed by atoms with van der Waals surface area (Å²) in [5.74, 6) is 1.41. The van der Waals surface area contributed by atoms with Crippen LogP contribution in [0.25, 0.3) is 11.1 Å². The van der Waals surface area contributed by atoms with E-state index in [2.05, 4.69) is 55.6 Å². The van der Waals surface area contributed by atoms with Crippen molar-refractivity contribution in [2.24, 2.45) is 0 Å². The molecule has 15 heteroatoms. The molecule has 260 valence electrons. The highest BCUT2D eigenvalue weighted by Crippen LogP contribution is 2.35. The smallest absolute Gasteiger partial charge is 0.256 e. The van der Waals surface area contributed by atoms with Gasteiger partial charge in [-0.1, -0.05) is 6.07 Å². The van der Waals surface area contributed by atoms with Crippen LogP contribution in [0.4, 0.5) is 11.6 Å². The third-order valence-corrected chi connectivity index (χ3v) is 8.93. The van der Waals surface area contributed by atoms with E-state index in [1.165, 1.54) is 6.33 Å². The van der Waals surface area contributed by atoms with Crippen molar-refractivity contribution < 1.29 is 18.9 Å². The molecule has 0 bridgehead atoms. The molecule has 0 unspecified atom stereocenters. The summed E-state index contributed by atoms with van der Waals surface area (Å²) in [4.78, 5) is 11.8. The molecule has 4 aromatic rings. The molecule has 2 aliphatic rings. The lowest BCUT2D eigenvalue weighted by Crippen LogP contribution is -2.51. The number of benzene rings is 1. The Morgan fingerprint density at radius 2 is 1.80 bits per heavy atom. The second kappa shape index (κ2) is 16.2. The highest BCUT2D eigenvalue weighted by atomic mass is 16.5. The first kappa shape index (κ1) is 34.2. The molecule has 15 nitrogen and oxygen atoms in total. The molecule has 4 heterocycles. The first-order chi connectivity index (χ1) is 23.9. The highest BCUT2D eigenvalue weighted by Gasteiger charge is 2.32. The van der Waals surface area contributed by atoms with Crippen molar-refractivity contribution in [3.05, 3.63) is 48.7 Å². The number of ether oxygens (including phenoxy) is 4. The fourth-order valence-electron chi connectivity index (χ4n) is 6.67. The minimum Gasteiger partial charge on any atom is -0.487 e. The first-order valence-corrected chi connectivity index (χ1v) is 17.0. The van der Waals surface area contributed by atoms with Crippen LogP contribution < -0.4 is 14.8 Å². The van der Waals surface area contributed by atoms with Gasteiger partial charge in [-0.2, -0.15) is 5.26 Å². The van der Waals surface area contributed by atoms with Crippen LogP contribution in [0.3, 0.4) is 0 Å². The summed E-state index contributed by atoms with van der Waals surface area (Å²) in [6.45, 7) is 9.75. The molecule has 3 aromatic heterocycles. The Balaban J connectivity index is 1.13. The van der Waals surface area contributed by atoms with Gasteiger partial charge < -0.3 is 24.3 Å². The van der Waals surface area contributed by atoms with Gasteiger partial charge in [0.1, 0.15) is 29.9 Å². The van der Waals surface area contributed by atoms with Gasteiger partial charge in [-0.3, -0.25) is 9.58 Å². The molecule has 0 spiro atoms. The van der Waals surface area contributed by atoms with Gasteiger partial charge in [-0.15, -0.1) is 10.2 Å². The van der Waals surface area contributed by atoms with E-state index >= 15 is 0 Å². The monoisotopic (exact) mass is 671 g/mol. The number of nitriles is 1. The molecule has 1 N–H and O–H groups in total. The third kappa shape index (κ3) is 8.88. The summed E-state index contributed by atoms with van der Waals surface area (Å²) in [5, 5.41) is 29.1. The van der Waals surface area contributed by atoms with Crippen LogP contribution in [-0.4, -0.2) is 103 Å². The Morgan fingerprint density at radius 1 is 1.04 bits per heavy atom. The summed E-state index contributed by atoms with van der Waals surface area (Å²) in [7, 11) is 1.68. The van der Waals surface area contributed by atoms with E-state index in [0.717, 1.165) is 56.3 Å². The van der Waals surface area contributed by atoms with Crippen LogP contribution in [0, 0.1) is 11.3 Å². The van der Waals surface area contributed by atoms with Crippen molar-refractivity contribution >= 4 is 11.6 Å². The standard InChI is InChI=1S/C34H45N11O4/c1-23-18-43(19-24(2)48-23)29-8-10-30(11-9-29)45-21-31(33(40-45)47-13-5-12-46-4)39-34-36-16-28(17-37-34)26-6-7-27(15-35)32(14-26)49-25(3)20-44-22-38-41-42-44/h6-7,14,16-17,21-25,29-30H,5,8-13,18-20H2,1-4H3,(H,36,37,39)/t23-,24+,25-,29?,30?/m0/s1. The second-order valence-electron chi connectivity index (χ2n) is 12.9. The number of hydrogen-bond donors (Lipinski definition) is 1. The van der Waals surface area contributed by atoms with Gasteiger partial charge in [0.25, 0.3) is 5.88 Å². The van der Waals surface area contributed by atoms with E-state index in [1.54, 1.807) is 30.3 Å². The summed E-state index contributed by atoms with van der Waals surface area (Å²) in [6, 6.07) is 8.48. The molecule has 0 radical (unpaired) electrons. The maximum atomic E-state index is 9.67. The Kier molecular flexibility index (Phi) is 11.3. The number of tetrazole rings is 1. The van der Waals surface area contributed by atoms with E-state index in [-0.39, 0.29) is 24.4 Å². The number of rotatable bonds is 14. The molecule has 1 saturated heterocycles. The Hall–Kier alpha value is -4.65. The fraction of sp³-hybridized carbons (Fsp3) is 0.559. The molecule has 1 aliphatic carbocycles. The number of morpholine rings is 1. The minimum atomic E-state index is -0.270. The van der Waals surface area contributed by atoms with Gasteiger partial charge in [-0.05, 0) is 74.6 Å². The van der Waals surface area contributed by atoms with Gasteiger partial charge in [0, 0.05) is 57.2 Å². The molecular weight excluding hydrogens is 626 g/mol. The van der Waals surface area contributed by atoms with Crippen molar-refractivity contribution in [2.75, 3.05) is 38.7 Å². The van der Waals surface area contributed by atoms with Crippen molar-refractivity contribution in [3.63, 3.8) is 0 Å². The Labute approximate surface area is 286 Å². The SMILES string of the molecule is COCCCOc1nn(C2CCC(N3C[C@@H](C)O[C@@H](C)C3)CC2)cc1Nc1ncc(-c2ccc(C#N)c(O[C@@H](C)Cn3cnnn3)c2)cn1. The van der Waals surface area contributed by atoms with Gasteiger partial charge in [0.2, 0.25) is 5.95 Å². The van der Waals surface area contributed by atoms with E-state index in [0.29, 0.717) is 54.6 Å². The van der Waals surface area contributed by atoms with Gasteiger partial charge in [-0.25, -0.2) is 14.6 Å². The summed E-state index contributed by atoms with van der Waals surface area (Å²) >= 11 is 0. The van der Waals surface area contributed by atoms with E-state index in [9.17, 15) is 5.26 Å². The van der Waals surface area contributed by atoms with Crippen molar-refractivity contribution in [3.8, 4) is 28.8 Å². The van der Waals surface area contributed by atoms with Crippen LogP contribution in [0.2, 0.25) is 0 Å². The maximum absolute atomic E-state index is 9.67. The number of methoxy groups -OCH3 is 1. The number of aromatic nitrogens is 8. The van der Waals surface area contributed by atoms with Crippen LogP contribution >= 0.6 is 0 Å². The van der Waals surface area contributed by atoms with Crippen molar-refractivity contribution in [1.82, 2.24) is 44.9 Å². The number of nitrogens with one attached hydrogen (secondary N) is 1. The lowest BCUT2D eigenvalue weighted by molar-refractivity contribution is -0.0852. The summed E-state index contributed by atoms with van der Waals surface area (Å²) < 4.78 is 27.0. The summed E-state index contributed by atoms with van der Waals surface area (Å²) in [6.07, 6.45) is 12.4. The minimum absolute atomic E-state index is 0.270. The van der Waals surface area contributed by atoms with Gasteiger partial charge >= 0.3 is 0 Å². The van der Waals surface area contributed by atoms with Gasteiger partial charge in [0.05, 0.1) is 43.2 Å². The average Bonchev–Trinajstić information content (AvgIpc) is 3.76. The van der Waals surface area contributed by atoms with Crippen LogP contribution in [0.1, 0.15) is 64.5 Å². The largest absolute Gasteiger partial charge is 0.487 e. The lowest BCUT2D eigenvalue weighted by Gasteiger charge is -2.42. The van der Waals surface area contributed by atoms with Crippen molar-refractivity contribution in [2.45, 2.75) is 89.8 Å². The molecule has 0 amide bonds. The fourth-order valence-corrected chi connectivity index (χ4v) is 6.67. The highest BCUT2D eigenvalue weighted by molar-refractivity contribution is 5.67. The van der Waals surface area contributed by atoms with Crippen molar-refractivity contribution in [1.29, 1.82) is 5.26 Å². The maximum Gasteiger partial charge on any atom is 0.256 e. The van der Waals surface area contributed by atoms with Gasteiger partial charge in [0.15, 0.2) is 0 Å². The zero-order valence-electron chi connectivity index (χ0n) is 28.6. The quantitative estimate of drug-likeness (QED) is 0.188. The van der Waals surface area contributed by atoms with Crippen LogP contribution in [0.15, 0.2) is 43.1 Å². The number of hydrogen-bond acceptors (Lipinski definition) is 13. The zero-order valence-corrected chi connectivity index (χ0v) is 28.6. The Bertz CT molecular complexity index is 1660. The molecule has 2 fully saturated rings. The Morgan fingerprint density at radius 3 is 2.49 bits per heavy atom. The molecule has 3 atom stereocenters. The van der Waals surface area contributed by atoms with Crippen LogP contribution in [0.5, 0.6) is 11.6 Å². The normalized spacial score (nSPS) is 21.9. The molecule has 1 aromatic carbocycles. The molecule has 6 rings (SSSR count). The molecule has 1 aliphatic heterocycles.